The molecule has 0 saturated heterocycles. The molecule has 1 aromatic rings. The van der Waals surface area contributed by atoms with Gasteiger partial charge >= 0.3 is 0 Å². The Morgan fingerprint density at radius 1 is 1.22 bits per heavy atom. The van der Waals surface area contributed by atoms with Gasteiger partial charge in [-0.1, -0.05) is 31.9 Å². The largest absolute Gasteiger partial charge is 0.310 e. The van der Waals surface area contributed by atoms with E-state index in [-0.39, 0.29) is 5.82 Å². The average molecular weight is 249 g/mol. The van der Waals surface area contributed by atoms with Crippen molar-refractivity contribution in [1.82, 2.24) is 5.32 Å². The van der Waals surface area contributed by atoms with E-state index in [9.17, 15) is 4.39 Å². The standard InChI is InChI=1S/C16H24FN/c1-3-16(10-4-5-11-16)12-18-13(2)14-6-8-15(17)9-7-14/h6-9,13,18H,3-5,10-12H2,1-2H3. The van der Waals surface area contributed by atoms with Crippen LogP contribution in [0.2, 0.25) is 0 Å². The Kier molecular flexibility index (Phi) is 4.39. The summed E-state index contributed by atoms with van der Waals surface area (Å²) in [7, 11) is 0. The van der Waals surface area contributed by atoms with Crippen molar-refractivity contribution in [3.63, 3.8) is 0 Å². The van der Waals surface area contributed by atoms with Gasteiger partial charge in [-0.05, 0) is 49.3 Å². The van der Waals surface area contributed by atoms with Gasteiger partial charge < -0.3 is 5.32 Å². The molecule has 1 nitrogen and oxygen atoms in total. The molecule has 1 fully saturated rings. The first-order chi connectivity index (χ1) is 8.65. The first-order valence-electron chi connectivity index (χ1n) is 7.14. The monoisotopic (exact) mass is 249 g/mol. The molecule has 0 radical (unpaired) electrons. The summed E-state index contributed by atoms with van der Waals surface area (Å²) >= 11 is 0. The van der Waals surface area contributed by atoms with Crippen molar-refractivity contribution in [2.45, 2.75) is 52.0 Å². The maximum absolute atomic E-state index is 12.9. The number of rotatable bonds is 5. The molecule has 0 aliphatic heterocycles. The van der Waals surface area contributed by atoms with Gasteiger partial charge in [0.2, 0.25) is 0 Å². The van der Waals surface area contributed by atoms with E-state index in [1.165, 1.54) is 37.7 Å². The predicted molar refractivity (Wildman–Crippen MR) is 74.0 cm³/mol. The molecule has 1 atom stereocenters. The van der Waals surface area contributed by atoms with Gasteiger partial charge in [-0.25, -0.2) is 4.39 Å². The van der Waals surface area contributed by atoms with Crippen LogP contribution in [-0.2, 0) is 0 Å². The summed E-state index contributed by atoms with van der Waals surface area (Å²) in [4.78, 5) is 0. The second kappa shape index (κ2) is 5.83. The predicted octanol–water partition coefficient (Wildman–Crippen LogP) is 4.45. The van der Waals surface area contributed by atoms with Crippen molar-refractivity contribution in [3.05, 3.63) is 35.6 Å². The minimum Gasteiger partial charge on any atom is -0.310 e. The van der Waals surface area contributed by atoms with Crippen molar-refractivity contribution in [1.29, 1.82) is 0 Å². The molecule has 2 rings (SSSR count). The number of hydrogen-bond acceptors (Lipinski definition) is 1. The average Bonchev–Trinajstić information content (AvgIpc) is 2.86. The molecule has 2 heteroatoms. The molecule has 1 N–H and O–H groups in total. The minimum absolute atomic E-state index is 0.160. The molecule has 0 amide bonds. The highest BCUT2D eigenvalue weighted by molar-refractivity contribution is 5.19. The van der Waals surface area contributed by atoms with Crippen LogP contribution >= 0.6 is 0 Å². The lowest BCUT2D eigenvalue weighted by Gasteiger charge is -2.29. The van der Waals surface area contributed by atoms with E-state index in [1.807, 2.05) is 12.1 Å². The van der Waals surface area contributed by atoms with Crippen LogP contribution in [0.1, 0.15) is 57.6 Å². The molecule has 1 saturated carbocycles. The van der Waals surface area contributed by atoms with Gasteiger partial charge in [0.05, 0.1) is 0 Å². The second-order valence-corrected chi connectivity index (χ2v) is 5.71. The van der Waals surface area contributed by atoms with Crippen molar-refractivity contribution >= 4 is 0 Å². The first kappa shape index (κ1) is 13.5. The van der Waals surface area contributed by atoms with E-state index in [1.54, 1.807) is 12.1 Å². The highest BCUT2D eigenvalue weighted by atomic mass is 19.1. The number of halogens is 1. The molecule has 0 aromatic heterocycles. The minimum atomic E-state index is -0.160. The van der Waals surface area contributed by atoms with Crippen LogP contribution in [0.4, 0.5) is 4.39 Å². The van der Waals surface area contributed by atoms with Gasteiger partial charge in [0.15, 0.2) is 0 Å². The van der Waals surface area contributed by atoms with Crippen molar-refractivity contribution in [3.8, 4) is 0 Å². The molecular formula is C16H24FN. The zero-order chi connectivity index (χ0) is 13.0. The van der Waals surface area contributed by atoms with E-state index in [0.29, 0.717) is 11.5 Å². The number of nitrogens with one attached hydrogen (secondary N) is 1. The third-order valence-electron chi connectivity index (χ3n) is 4.57. The summed E-state index contributed by atoms with van der Waals surface area (Å²) < 4.78 is 12.9. The van der Waals surface area contributed by atoms with Gasteiger partial charge in [-0.2, -0.15) is 0 Å². The summed E-state index contributed by atoms with van der Waals surface area (Å²) in [6.45, 7) is 5.54. The third-order valence-corrected chi connectivity index (χ3v) is 4.57. The molecule has 1 unspecified atom stereocenters. The Bertz CT molecular complexity index is 365. The van der Waals surface area contributed by atoms with Gasteiger partial charge in [-0.15, -0.1) is 0 Å². The highest BCUT2D eigenvalue weighted by Gasteiger charge is 2.31. The smallest absolute Gasteiger partial charge is 0.123 e. The normalized spacial score (nSPS) is 19.9. The van der Waals surface area contributed by atoms with Crippen molar-refractivity contribution in [2.24, 2.45) is 5.41 Å². The molecule has 18 heavy (non-hydrogen) atoms. The van der Waals surface area contributed by atoms with Crippen molar-refractivity contribution < 1.29 is 4.39 Å². The fraction of sp³-hybridized carbons (Fsp3) is 0.625. The van der Waals surface area contributed by atoms with Crippen LogP contribution in [-0.4, -0.2) is 6.54 Å². The van der Waals surface area contributed by atoms with E-state index >= 15 is 0 Å². The Labute approximate surface area is 110 Å². The second-order valence-electron chi connectivity index (χ2n) is 5.71. The summed E-state index contributed by atoms with van der Waals surface area (Å²) in [5, 5.41) is 3.63. The highest BCUT2D eigenvalue weighted by Crippen LogP contribution is 2.40. The molecule has 1 aliphatic carbocycles. The van der Waals surface area contributed by atoms with Gasteiger partial charge in [-0.3, -0.25) is 0 Å². The van der Waals surface area contributed by atoms with Gasteiger partial charge in [0.25, 0.3) is 0 Å². The fourth-order valence-corrected chi connectivity index (χ4v) is 3.02. The number of benzene rings is 1. The third kappa shape index (κ3) is 3.11. The van der Waals surface area contributed by atoms with E-state index in [4.69, 9.17) is 0 Å². The molecular weight excluding hydrogens is 225 g/mol. The zero-order valence-electron chi connectivity index (χ0n) is 11.5. The van der Waals surface area contributed by atoms with Crippen molar-refractivity contribution in [2.75, 3.05) is 6.54 Å². The molecule has 100 valence electrons. The van der Waals surface area contributed by atoms with Crippen LogP contribution < -0.4 is 5.32 Å². The Balaban J connectivity index is 1.91. The summed E-state index contributed by atoms with van der Waals surface area (Å²) in [5.41, 5.74) is 1.68. The van der Waals surface area contributed by atoms with E-state index in [2.05, 4.69) is 19.2 Å². The lowest BCUT2D eigenvalue weighted by molar-refractivity contribution is 0.259. The van der Waals surface area contributed by atoms with Gasteiger partial charge in [0, 0.05) is 12.6 Å². The quantitative estimate of drug-likeness (QED) is 0.813. The molecule has 0 heterocycles. The molecule has 1 aromatic carbocycles. The summed E-state index contributed by atoms with van der Waals surface area (Å²) in [5.74, 6) is -0.160. The molecule has 0 spiro atoms. The zero-order valence-corrected chi connectivity index (χ0v) is 11.5. The molecule has 0 bridgehead atoms. The summed E-state index contributed by atoms with van der Waals surface area (Å²) in [6, 6.07) is 7.13. The van der Waals surface area contributed by atoms with E-state index < -0.39 is 0 Å². The SMILES string of the molecule is CCC1(CNC(C)c2ccc(F)cc2)CCCC1. The summed E-state index contributed by atoms with van der Waals surface area (Å²) in [6.07, 6.45) is 6.72. The topological polar surface area (TPSA) is 12.0 Å². The van der Waals surface area contributed by atoms with Crippen LogP contribution in [0.25, 0.3) is 0 Å². The lowest BCUT2D eigenvalue weighted by Crippen LogP contribution is -2.33. The first-order valence-corrected chi connectivity index (χ1v) is 7.14. The van der Waals surface area contributed by atoms with Crippen LogP contribution in [0.3, 0.4) is 0 Å². The van der Waals surface area contributed by atoms with Gasteiger partial charge in [0.1, 0.15) is 5.82 Å². The van der Waals surface area contributed by atoms with E-state index in [0.717, 1.165) is 6.54 Å². The Hall–Kier alpha value is -0.890. The Morgan fingerprint density at radius 2 is 1.83 bits per heavy atom. The maximum atomic E-state index is 12.9. The van der Waals surface area contributed by atoms with Crippen LogP contribution in [0, 0.1) is 11.2 Å². The lowest BCUT2D eigenvalue weighted by atomic mass is 9.83. The maximum Gasteiger partial charge on any atom is 0.123 e. The number of hydrogen-bond donors (Lipinski definition) is 1. The Morgan fingerprint density at radius 3 is 2.39 bits per heavy atom. The van der Waals surface area contributed by atoms with Crippen LogP contribution in [0.5, 0.6) is 0 Å². The fourth-order valence-electron chi connectivity index (χ4n) is 3.02. The van der Waals surface area contributed by atoms with Crippen LogP contribution in [0.15, 0.2) is 24.3 Å². The molecule has 1 aliphatic rings.